The van der Waals surface area contributed by atoms with Crippen LogP contribution in [0.2, 0.25) is 0 Å². The standard InChI is InChI=1S/C13H21Br2NO2/c1-11(2,3)18-10(17)16-12(4)6-8(14)9(15)7-13(12,16)5/h8-9H,6-7H2,1-5H3. The molecule has 0 aromatic heterocycles. The van der Waals surface area contributed by atoms with Crippen LogP contribution in [0.4, 0.5) is 4.79 Å². The van der Waals surface area contributed by atoms with Crippen LogP contribution in [0.1, 0.15) is 47.5 Å². The molecule has 1 saturated heterocycles. The third-order valence-electron chi connectivity index (χ3n) is 4.25. The predicted octanol–water partition coefficient (Wildman–Crippen LogP) is 4.08. The summed E-state index contributed by atoms with van der Waals surface area (Å²) < 4.78 is 5.51. The van der Waals surface area contributed by atoms with Crippen molar-refractivity contribution in [3.63, 3.8) is 0 Å². The molecule has 2 rings (SSSR count). The number of likely N-dealkylation sites (tertiary alicyclic amines) is 1. The first-order chi connectivity index (χ1) is 8.01. The molecule has 0 aromatic carbocycles. The Hall–Kier alpha value is 0.230. The molecule has 1 heterocycles. The lowest BCUT2D eigenvalue weighted by atomic mass is 9.82. The van der Waals surface area contributed by atoms with Gasteiger partial charge in [0.05, 0.1) is 11.1 Å². The van der Waals surface area contributed by atoms with Gasteiger partial charge in [0.25, 0.3) is 0 Å². The van der Waals surface area contributed by atoms with Crippen LogP contribution in [0.5, 0.6) is 0 Å². The van der Waals surface area contributed by atoms with Gasteiger partial charge in [-0.05, 0) is 47.5 Å². The molecule has 3 nitrogen and oxygen atoms in total. The Morgan fingerprint density at radius 1 is 1.17 bits per heavy atom. The van der Waals surface area contributed by atoms with Gasteiger partial charge in [-0.3, -0.25) is 4.90 Å². The van der Waals surface area contributed by atoms with Crippen molar-refractivity contribution < 1.29 is 9.53 Å². The van der Waals surface area contributed by atoms with Gasteiger partial charge in [-0.15, -0.1) is 0 Å². The molecule has 18 heavy (non-hydrogen) atoms. The minimum Gasteiger partial charge on any atom is -0.444 e. The Labute approximate surface area is 126 Å². The minimum atomic E-state index is -0.433. The smallest absolute Gasteiger partial charge is 0.411 e. The maximum Gasteiger partial charge on any atom is 0.411 e. The number of hydrogen-bond acceptors (Lipinski definition) is 2. The van der Waals surface area contributed by atoms with Crippen LogP contribution in [-0.4, -0.2) is 37.3 Å². The number of fused-ring (bicyclic) bond motifs is 1. The molecule has 1 saturated carbocycles. The summed E-state index contributed by atoms with van der Waals surface area (Å²) in [6, 6.07) is 0. The summed E-state index contributed by atoms with van der Waals surface area (Å²) in [4.78, 5) is 15.0. The minimum absolute atomic E-state index is 0.0756. The number of alkyl halides is 2. The first-order valence-corrected chi connectivity index (χ1v) is 8.16. The fourth-order valence-electron chi connectivity index (χ4n) is 3.08. The molecule has 0 aromatic rings. The Kier molecular flexibility index (Phi) is 3.34. The van der Waals surface area contributed by atoms with E-state index in [0.717, 1.165) is 12.8 Å². The maximum absolute atomic E-state index is 12.3. The lowest BCUT2D eigenvalue weighted by molar-refractivity contribution is 0.0358. The summed E-state index contributed by atoms with van der Waals surface area (Å²) in [6.07, 6.45) is 1.73. The van der Waals surface area contributed by atoms with Crippen LogP contribution in [0.25, 0.3) is 0 Å². The first-order valence-electron chi connectivity index (χ1n) is 6.33. The molecule has 2 fully saturated rings. The molecule has 0 spiro atoms. The van der Waals surface area contributed by atoms with E-state index >= 15 is 0 Å². The van der Waals surface area contributed by atoms with Gasteiger partial charge in [-0.1, -0.05) is 31.9 Å². The van der Waals surface area contributed by atoms with Crippen molar-refractivity contribution in [1.29, 1.82) is 0 Å². The number of rotatable bonds is 0. The second kappa shape index (κ2) is 4.11. The Morgan fingerprint density at radius 3 is 1.89 bits per heavy atom. The quantitative estimate of drug-likeness (QED) is 0.466. The highest BCUT2D eigenvalue weighted by molar-refractivity contribution is 9.12. The molecule has 4 unspecified atom stereocenters. The van der Waals surface area contributed by atoms with Crippen molar-refractivity contribution in [3.05, 3.63) is 0 Å². The van der Waals surface area contributed by atoms with E-state index < -0.39 is 5.60 Å². The Balaban J connectivity index is 2.15. The number of carbonyl (C=O) groups is 1. The van der Waals surface area contributed by atoms with E-state index in [4.69, 9.17) is 4.74 Å². The second-order valence-corrected chi connectivity index (χ2v) is 9.16. The van der Waals surface area contributed by atoms with Crippen LogP contribution >= 0.6 is 31.9 Å². The van der Waals surface area contributed by atoms with Crippen molar-refractivity contribution in [3.8, 4) is 0 Å². The molecule has 0 N–H and O–H groups in total. The van der Waals surface area contributed by atoms with Crippen LogP contribution < -0.4 is 0 Å². The third-order valence-corrected chi connectivity index (χ3v) is 6.88. The third kappa shape index (κ3) is 2.11. The molecule has 1 amide bonds. The molecule has 104 valence electrons. The van der Waals surface area contributed by atoms with E-state index in [-0.39, 0.29) is 17.2 Å². The monoisotopic (exact) mass is 381 g/mol. The zero-order chi connectivity index (χ0) is 13.9. The molecule has 4 atom stereocenters. The molecular formula is C13H21Br2NO2. The van der Waals surface area contributed by atoms with Gasteiger partial charge in [0.15, 0.2) is 0 Å². The summed E-state index contributed by atoms with van der Waals surface area (Å²) in [5, 5.41) is 0. The van der Waals surface area contributed by atoms with E-state index in [1.54, 1.807) is 0 Å². The predicted molar refractivity (Wildman–Crippen MR) is 79.5 cm³/mol. The van der Waals surface area contributed by atoms with Gasteiger partial charge in [0.1, 0.15) is 5.60 Å². The number of nitrogens with zero attached hydrogens (tertiary/aromatic N) is 1. The fraction of sp³-hybridized carbons (Fsp3) is 0.923. The van der Waals surface area contributed by atoms with E-state index in [0.29, 0.717) is 9.65 Å². The molecule has 0 bridgehead atoms. The van der Waals surface area contributed by atoms with Gasteiger partial charge in [0.2, 0.25) is 0 Å². The highest BCUT2D eigenvalue weighted by Crippen LogP contribution is 2.62. The molecular weight excluding hydrogens is 362 g/mol. The normalized spacial score (nSPS) is 43.4. The van der Waals surface area contributed by atoms with Gasteiger partial charge in [-0.2, -0.15) is 0 Å². The van der Waals surface area contributed by atoms with Crippen molar-refractivity contribution in [1.82, 2.24) is 4.90 Å². The highest BCUT2D eigenvalue weighted by atomic mass is 79.9. The average Bonchev–Trinajstić information content (AvgIpc) is 2.59. The highest BCUT2D eigenvalue weighted by Gasteiger charge is 2.74. The Bertz CT molecular complexity index is 360. The molecule has 1 aliphatic heterocycles. The van der Waals surface area contributed by atoms with Crippen molar-refractivity contribution in [2.75, 3.05) is 0 Å². The summed E-state index contributed by atoms with van der Waals surface area (Å²) in [5.74, 6) is 0. The van der Waals surface area contributed by atoms with Crippen LogP contribution in [0.3, 0.4) is 0 Å². The largest absolute Gasteiger partial charge is 0.444 e. The number of hydrogen-bond donors (Lipinski definition) is 0. The van der Waals surface area contributed by atoms with Crippen LogP contribution in [0, 0.1) is 0 Å². The second-order valence-electron chi connectivity index (χ2n) is 6.80. The summed E-state index contributed by atoms with van der Waals surface area (Å²) in [7, 11) is 0. The summed E-state index contributed by atoms with van der Waals surface area (Å²) in [5.41, 5.74) is -0.585. The number of amides is 1. The van der Waals surface area contributed by atoms with E-state index in [1.165, 1.54) is 0 Å². The zero-order valence-electron chi connectivity index (χ0n) is 11.6. The van der Waals surface area contributed by atoms with E-state index in [2.05, 4.69) is 45.7 Å². The van der Waals surface area contributed by atoms with E-state index in [9.17, 15) is 4.79 Å². The topological polar surface area (TPSA) is 29.3 Å². The fourth-order valence-corrected chi connectivity index (χ4v) is 4.72. The average molecular weight is 383 g/mol. The van der Waals surface area contributed by atoms with Gasteiger partial charge in [0, 0.05) is 9.65 Å². The molecule has 1 aliphatic carbocycles. The van der Waals surface area contributed by atoms with Crippen molar-refractivity contribution >= 4 is 38.0 Å². The first kappa shape index (κ1) is 14.6. The zero-order valence-corrected chi connectivity index (χ0v) is 14.8. The van der Waals surface area contributed by atoms with Crippen LogP contribution in [0.15, 0.2) is 0 Å². The maximum atomic E-state index is 12.3. The lowest BCUT2D eigenvalue weighted by Gasteiger charge is -2.28. The van der Waals surface area contributed by atoms with Crippen molar-refractivity contribution in [2.45, 2.75) is 73.8 Å². The van der Waals surface area contributed by atoms with Gasteiger partial charge >= 0.3 is 6.09 Å². The lowest BCUT2D eigenvalue weighted by Crippen LogP contribution is -2.36. The van der Waals surface area contributed by atoms with Gasteiger partial charge < -0.3 is 4.74 Å². The van der Waals surface area contributed by atoms with Gasteiger partial charge in [-0.25, -0.2) is 4.79 Å². The van der Waals surface area contributed by atoms with Crippen molar-refractivity contribution in [2.24, 2.45) is 0 Å². The molecule has 0 radical (unpaired) electrons. The summed E-state index contributed by atoms with van der Waals surface area (Å²) >= 11 is 7.38. The Morgan fingerprint density at radius 2 is 1.56 bits per heavy atom. The van der Waals surface area contributed by atoms with E-state index in [1.807, 2.05) is 25.7 Å². The number of halogens is 2. The SMILES string of the molecule is CC(C)(C)OC(=O)N1C2(C)CC(Br)C(Br)CC12C. The summed E-state index contributed by atoms with van der Waals surface area (Å²) in [6.45, 7) is 10.0. The molecule has 5 heteroatoms. The number of carbonyl (C=O) groups excluding carboxylic acids is 1. The molecule has 2 aliphatic rings. The number of ether oxygens (including phenoxy) is 1. The van der Waals surface area contributed by atoms with Crippen LogP contribution in [-0.2, 0) is 4.74 Å².